The van der Waals surface area contributed by atoms with Crippen molar-refractivity contribution in [3.05, 3.63) is 11.7 Å². The van der Waals surface area contributed by atoms with Gasteiger partial charge in [0.05, 0.1) is 0 Å². The van der Waals surface area contributed by atoms with Gasteiger partial charge in [-0.3, -0.25) is 0 Å². The van der Waals surface area contributed by atoms with E-state index in [2.05, 4.69) is 15.5 Å². The van der Waals surface area contributed by atoms with E-state index in [1.807, 2.05) is 0 Å². The normalized spacial score (nSPS) is 26.5. The molecule has 1 aromatic heterocycles. The average Bonchev–Trinajstić information content (AvgIpc) is 3.00. The van der Waals surface area contributed by atoms with Crippen LogP contribution in [0.2, 0.25) is 0 Å². The lowest BCUT2D eigenvalue weighted by Crippen LogP contribution is -2.30. The maximum atomic E-state index is 5.39. The minimum Gasteiger partial charge on any atom is -0.339 e. The average molecular weight is 235 g/mol. The number of nitrogens with one attached hydrogen (secondary N) is 1. The van der Waals surface area contributed by atoms with Crippen LogP contribution in [0, 0.1) is 5.92 Å². The Hall–Kier alpha value is -0.900. The number of rotatable bonds is 3. The van der Waals surface area contributed by atoms with Gasteiger partial charge in [0.1, 0.15) is 0 Å². The van der Waals surface area contributed by atoms with Crippen molar-refractivity contribution in [3.63, 3.8) is 0 Å². The predicted octanol–water partition coefficient (Wildman–Crippen LogP) is 2.27. The standard InChI is InChI=1S/C13H21N3O/c1-2-6-11(5-1)13-15-12(17-16-13)8-10-4-3-7-14-9-10/h10-11,14H,1-9H2/t10-/m1/s1. The molecule has 1 aliphatic carbocycles. The second-order valence-electron chi connectivity index (χ2n) is 5.44. The number of nitrogens with zero attached hydrogens (tertiary/aromatic N) is 2. The molecule has 0 amide bonds. The molecule has 2 aliphatic rings. The number of aromatic nitrogens is 2. The van der Waals surface area contributed by atoms with Gasteiger partial charge in [0.2, 0.25) is 5.89 Å². The maximum Gasteiger partial charge on any atom is 0.226 e. The third-order valence-electron chi connectivity index (χ3n) is 4.07. The molecule has 1 saturated heterocycles. The van der Waals surface area contributed by atoms with E-state index in [0.29, 0.717) is 11.8 Å². The third kappa shape index (κ3) is 2.68. The molecular formula is C13H21N3O. The van der Waals surface area contributed by atoms with Crippen LogP contribution in [0.25, 0.3) is 0 Å². The SMILES string of the molecule is C1CCC(c2noc(C[C@H]3CCCNC3)n2)C1. The molecule has 3 rings (SSSR count). The first-order valence-corrected chi connectivity index (χ1v) is 6.95. The summed E-state index contributed by atoms with van der Waals surface area (Å²) in [5.74, 6) is 3.06. The van der Waals surface area contributed by atoms with Gasteiger partial charge in [-0.2, -0.15) is 4.98 Å². The van der Waals surface area contributed by atoms with Gasteiger partial charge in [-0.25, -0.2) is 0 Å². The second kappa shape index (κ2) is 5.17. The summed E-state index contributed by atoms with van der Waals surface area (Å²) in [6.07, 6.45) is 8.63. The van der Waals surface area contributed by atoms with E-state index in [-0.39, 0.29) is 0 Å². The van der Waals surface area contributed by atoms with Crippen molar-refractivity contribution in [2.45, 2.75) is 50.9 Å². The van der Waals surface area contributed by atoms with Crippen molar-refractivity contribution in [1.82, 2.24) is 15.5 Å². The molecule has 4 nitrogen and oxygen atoms in total. The van der Waals surface area contributed by atoms with Crippen LogP contribution in [0.1, 0.15) is 56.2 Å². The first-order chi connectivity index (χ1) is 8.42. The van der Waals surface area contributed by atoms with Crippen LogP contribution in [-0.2, 0) is 6.42 Å². The van der Waals surface area contributed by atoms with E-state index >= 15 is 0 Å². The summed E-state index contributed by atoms with van der Waals surface area (Å²) in [7, 11) is 0. The molecular weight excluding hydrogens is 214 g/mol. The molecule has 1 saturated carbocycles. The highest BCUT2D eigenvalue weighted by Crippen LogP contribution is 2.32. The molecule has 1 N–H and O–H groups in total. The van der Waals surface area contributed by atoms with Crippen molar-refractivity contribution in [2.24, 2.45) is 5.92 Å². The van der Waals surface area contributed by atoms with Gasteiger partial charge in [0, 0.05) is 12.3 Å². The van der Waals surface area contributed by atoms with E-state index in [0.717, 1.165) is 31.2 Å². The molecule has 1 aromatic rings. The van der Waals surface area contributed by atoms with Crippen LogP contribution < -0.4 is 5.32 Å². The van der Waals surface area contributed by atoms with Crippen LogP contribution in [-0.4, -0.2) is 23.2 Å². The molecule has 2 heterocycles. The zero-order valence-electron chi connectivity index (χ0n) is 10.3. The molecule has 4 heteroatoms. The molecule has 1 atom stereocenters. The largest absolute Gasteiger partial charge is 0.339 e. The van der Waals surface area contributed by atoms with Crippen LogP contribution in [0.4, 0.5) is 0 Å². The Bertz CT molecular complexity index is 351. The van der Waals surface area contributed by atoms with Crippen molar-refractivity contribution in [1.29, 1.82) is 0 Å². The van der Waals surface area contributed by atoms with Gasteiger partial charge in [0.25, 0.3) is 0 Å². The van der Waals surface area contributed by atoms with Gasteiger partial charge < -0.3 is 9.84 Å². The smallest absolute Gasteiger partial charge is 0.226 e. The number of piperidine rings is 1. The fourth-order valence-corrected chi connectivity index (χ4v) is 3.05. The Morgan fingerprint density at radius 1 is 1.18 bits per heavy atom. The van der Waals surface area contributed by atoms with Crippen LogP contribution in [0.15, 0.2) is 4.52 Å². The highest BCUT2D eigenvalue weighted by Gasteiger charge is 2.23. The molecule has 0 aromatic carbocycles. The molecule has 17 heavy (non-hydrogen) atoms. The zero-order valence-corrected chi connectivity index (χ0v) is 10.3. The van der Waals surface area contributed by atoms with Gasteiger partial charge in [-0.15, -0.1) is 0 Å². The fourth-order valence-electron chi connectivity index (χ4n) is 3.05. The van der Waals surface area contributed by atoms with Gasteiger partial charge in [-0.05, 0) is 44.7 Å². The van der Waals surface area contributed by atoms with Crippen LogP contribution >= 0.6 is 0 Å². The highest BCUT2D eigenvalue weighted by atomic mass is 16.5. The Kier molecular flexibility index (Phi) is 3.41. The Morgan fingerprint density at radius 2 is 2.06 bits per heavy atom. The van der Waals surface area contributed by atoms with Crippen molar-refractivity contribution >= 4 is 0 Å². The summed E-state index contributed by atoms with van der Waals surface area (Å²) in [4.78, 5) is 4.58. The minimum absolute atomic E-state index is 0.567. The van der Waals surface area contributed by atoms with E-state index in [4.69, 9.17) is 4.52 Å². The van der Waals surface area contributed by atoms with Gasteiger partial charge >= 0.3 is 0 Å². The van der Waals surface area contributed by atoms with Crippen LogP contribution in [0.5, 0.6) is 0 Å². The molecule has 0 spiro atoms. The van der Waals surface area contributed by atoms with Crippen LogP contribution in [0.3, 0.4) is 0 Å². The summed E-state index contributed by atoms with van der Waals surface area (Å²) in [6.45, 7) is 2.26. The predicted molar refractivity (Wildman–Crippen MR) is 64.8 cm³/mol. The van der Waals surface area contributed by atoms with Crippen molar-refractivity contribution in [3.8, 4) is 0 Å². The lowest BCUT2D eigenvalue weighted by Gasteiger charge is -2.20. The van der Waals surface area contributed by atoms with Gasteiger partial charge in [-0.1, -0.05) is 18.0 Å². The Balaban J connectivity index is 1.59. The zero-order chi connectivity index (χ0) is 11.5. The summed E-state index contributed by atoms with van der Waals surface area (Å²) >= 11 is 0. The lowest BCUT2D eigenvalue weighted by atomic mass is 9.96. The summed E-state index contributed by atoms with van der Waals surface area (Å²) in [5.41, 5.74) is 0. The highest BCUT2D eigenvalue weighted by molar-refractivity contribution is 4.98. The van der Waals surface area contributed by atoms with E-state index < -0.39 is 0 Å². The first-order valence-electron chi connectivity index (χ1n) is 6.95. The monoisotopic (exact) mass is 235 g/mol. The fraction of sp³-hybridized carbons (Fsp3) is 0.846. The Labute approximate surface area is 102 Å². The first kappa shape index (κ1) is 11.2. The van der Waals surface area contributed by atoms with Gasteiger partial charge in [0.15, 0.2) is 5.82 Å². The van der Waals surface area contributed by atoms with E-state index in [1.54, 1.807) is 0 Å². The quantitative estimate of drug-likeness (QED) is 0.873. The second-order valence-corrected chi connectivity index (χ2v) is 5.44. The molecule has 94 valence electrons. The number of hydrogen-bond donors (Lipinski definition) is 1. The third-order valence-corrected chi connectivity index (χ3v) is 4.07. The van der Waals surface area contributed by atoms with Crippen molar-refractivity contribution < 1.29 is 4.52 Å². The molecule has 0 bridgehead atoms. The molecule has 1 aliphatic heterocycles. The molecule has 0 radical (unpaired) electrons. The topological polar surface area (TPSA) is 51.0 Å². The molecule has 0 unspecified atom stereocenters. The lowest BCUT2D eigenvalue weighted by molar-refractivity contribution is 0.313. The summed E-state index contributed by atoms with van der Waals surface area (Å²) < 4.78 is 5.39. The number of hydrogen-bond acceptors (Lipinski definition) is 4. The maximum absolute atomic E-state index is 5.39. The Morgan fingerprint density at radius 3 is 2.82 bits per heavy atom. The van der Waals surface area contributed by atoms with E-state index in [1.165, 1.54) is 38.5 Å². The van der Waals surface area contributed by atoms with Crippen molar-refractivity contribution in [2.75, 3.05) is 13.1 Å². The minimum atomic E-state index is 0.567. The summed E-state index contributed by atoms with van der Waals surface area (Å²) in [6, 6.07) is 0. The van der Waals surface area contributed by atoms with E-state index in [9.17, 15) is 0 Å². The summed E-state index contributed by atoms with van der Waals surface area (Å²) in [5, 5.41) is 7.58. The molecule has 2 fully saturated rings.